The zero-order valence-corrected chi connectivity index (χ0v) is 9.66. The van der Waals surface area contributed by atoms with Crippen LogP contribution >= 0.6 is 0 Å². The zero-order valence-electron chi connectivity index (χ0n) is 9.66. The van der Waals surface area contributed by atoms with Crippen LogP contribution in [0, 0.1) is 6.92 Å². The molecule has 2 rings (SSSR count). The quantitative estimate of drug-likeness (QED) is 0.861. The van der Waals surface area contributed by atoms with E-state index < -0.39 is 6.10 Å². The van der Waals surface area contributed by atoms with Crippen molar-refractivity contribution in [2.75, 3.05) is 7.11 Å². The number of aryl methyl sites for hydroxylation is 1. The van der Waals surface area contributed by atoms with E-state index in [1.807, 2.05) is 6.92 Å². The molecule has 1 unspecified atom stereocenters. The molecule has 1 atom stereocenters. The van der Waals surface area contributed by atoms with Gasteiger partial charge in [-0.3, -0.25) is 15.0 Å². The third-order valence-corrected chi connectivity index (χ3v) is 2.37. The largest absolute Gasteiger partial charge is 0.495 e. The fourth-order valence-electron chi connectivity index (χ4n) is 1.41. The van der Waals surface area contributed by atoms with Gasteiger partial charge in [0.15, 0.2) is 0 Å². The van der Waals surface area contributed by atoms with E-state index in [9.17, 15) is 5.11 Å². The summed E-state index contributed by atoms with van der Waals surface area (Å²) in [6, 6.07) is 1.72. The van der Waals surface area contributed by atoms with Crippen LogP contribution in [0.5, 0.6) is 5.75 Å². The first-order valence-corrected chi connectivity index (χ1v) is 5.16. The van der Waals surface area contributed by atoms with E-state index in [2.05, 4.69) is 15.0 Å². The first-order chi connectivity index (χ1) is 8.20. The Hall–Kier alpha value is -2.01. The molecule has 0 aliphatic carbocycles. The number of methoxy groups -OCH3 is 1. The van der Waals surface area contributed by atoms with Crippen molar-refractivity contribution in [3.05, 3.63) is 47.8 Å². The lowest BCUT2D eigenvalue weighted by Crippen LogP contribution is -2.04. The van der Waals surface area contributed by atoms with Crippen LogP contribution in [0.15, 0.2) is 30.9 Å². The van der Waals surface area contributed by atoms with Gasteiger partial charge >= 0.3 is 0 Å². The molecule has 0 amide bonds. The molecule has 88 valence electrons. The van der Waals surface area contributed by atoms with Crippen LogP contribution in [0.3, 0.4) is 0 Å². The monoisotopic (exact) mass is 231 g/mol. The predicted octanol–water partition coefficient (Wildman–Crippen LogP) is 1.27. The van der Waals surface area contributed by atoms with Crippen molar-refractivity contribution in [2.24, 2.45) is 0 Å². The maximum Gasteiger partial charge on any atom is 0.137 e. The summed E-state index contributed by atoms with van der Waals surface area (Å²) in [5, 5.41) is 10.1. The van der Waals surface area contributed by atoms with Gasteiger partial charge in [-0.25, -0.2) is 0 Å². The normalized spacial score (nSPS) is 12.2. The van der Waals surface area contributed by atoms with E-state index in [1.165, 1.54) is 0 Å². The summed E-state index contributed by atoms with van der Waals surface area (Å²) in [5.41, 5.74) is 1.93. The second-order valence-corrected chi connectivity index (χ2v) is 3.64. The van der Waals surface area contributed by atoms with Crippen molar-refractivity contribution in [3.63, 3.8) is 0 Å². The Morgan fingerprint density at radius 1 is 1.18 bits per heavy atom. The molecule has 17 heavy (non-hydrogen) atoms. The molecule has 0 spiro atoms. The molecule has 0 aliphatic heterocycles. The average Bonchev–Trinajstić information content (AvgIpc) is 2.39. The number of hydrogen-bond donors (Lipinski definition) is 1. The number of nitrogens with zero attached hydrogens (tertiary/aromatic N) is 3. The minimum absolute atomic E-state index is 0.491. The molecule has 5 heteroatoms. The average molecular weight is 231 g/mol. The Labute approximate surface area is 99.2 Å². The first kappa shape index (κ1) is 11.5. The smallest absolute Gasteiger partial charge is 0.137 e. The van der Waals surface area contributed by atoms with E-state index in [0.717, 1.165) is 5.69 Å². The highest BCUT2D eigenvalue weighted by Crippen LogP contribution is 2.21. The lowest BCUT2D eigenvalue weighted by atomic mass is 10.1. The SMILES string of the molecule is COc1cncc(C(O)c2cnc(C)cn2)c1. The molecule has 0 saturated carbocycles. The number of pyridine rings is 1. The van der Waals surface area contributed by atoms with Gasteiger partial charge in [-0.15, -0.1) is 0 Å². The Morgan fingerprint density at radius 2 is 2.00 bits per heavy atom. The standard InChI is InChI=1S/C12H13N3O2/c1-8-4-15-11(7-14-8)12(16)9-3-10(17-2)6-13-5-9/h3-7,12,16H,1-2H3. The third-order valence-electron chi connectivity index (χ3n) is 2.37. The predicted molar refractivity (Wildman–Crippen MR) is 61.6 cm³/mol. The van der Waals surface area contributed by atoms with Crippen LogP contribution in [-0.2, 0) is 0 Å². The highest BCUT2D eigenvalue weighted by atomic mass is 16.5. The van der Waals surface area contributed by atoms with Crippen molar-refractivity contribution in [2.45, 2.75) is 13.0 Å². The third kappa shape index (κ3) is 2.57. The molecule has 0 radical (unpaired) electrons. The number of aliphatic hydroxyl groups excluding tert-OH is 1. The van der Waals surface area contributed by atoms with Crippen molar-refractivity contribution >= 4 is 0 Å². The lowest BCUT2D eigenvalue weighted by Gasteiger charge is -2.10. The zero-order chi connectivity index (χ0) is 12.3. The fourth-order valence-corrected chi connectivity index (χ4v) is 1.41. The molecule has 0 saturated heterocycles. The first-order valence-electron chi connectivity index (χ1n) is 5.16. The molecular weight excluding hydrogens is 218 g/mol. The van der Waals surface area contributed by atoms with Gasteiger partial charge in [0, 0.05) is 18.0 Å². The lowest BCUT2D eigenvalue weighted by molar-refractivity contribution is 0.213. The number of hydrogen-bond acceptors (Lipinski definition) is 5. The van der Waals surface area contributed by atoms with Crippen LogP contribution in [0.2, 0.25) is 0 Å². The van der Waals surface area contributed by atoms with E-state index in [-0.39, 0.29) is 0 Å². The van der Waals surface area contributed by atoms with Crippen LogP contribution in [0.4, 0.5) is 0 Å². The Morgan fingerprint density at radius 3 is 2.65 bits per heavy atom. The molecule has 0 aliphatic rings. The van der Waals surface area contributed by atoms with E-state index >= 15 is 0 Å². The number of ether oxygens (including phenoxy) is 1. The number of aliphatic hydroxyl groups is 1. The van der Waals surface area contributed by atoms with E-state index in [4.69, 9.17) is 4.74 Å². The Bertz CT molecular complexity index is 499. The van der Waals surface area contributed by atoms with Gasteiger partial charge < -0.3 is 9.84 Å². The minimum Gasteiger partial charge on any atom is -0.495 e. The summed E-state index contributed by atoms with van der Waals surface area (Å²) in [6.45, 7) is 1.84. The maximum atomic E-state index is 10.1. The molecule has 0 aromatic carbocycles. The molecular formula is C12H13N3O2. The van der Waals surface area contributed by atoms with Gasteiger partial charge in [0.1, 0.15) is 11.9 Å². The topological polar surface area (TPSA) is 68.1 Å². The van der Waals surface area contributed by atoms with Gasteiger partial charge in [-0.05, 0) is 13.0 Å². The summed E-state index contributed by atoms with van der Waals surface area (Å²) >= 11 is 0. The molecule has 2 aromatic rings. The summed E-state index contributed by atoms with van der Waals surface area (Å²) < 4.78 is 5.05. The van der Waals surface area contributed by atoms with Crippen LogP contribution in [0.1, 0.15) is 23.1 Å². The Kier molecular flexibility index (Phi) is 3.30. The van der Waals surface area contributed by atoms with Crippen molar-refractivity contribution in [3.8, 4) is 5.75 Å². The van der Waals surface area contributed by atoms with Crippen LogP contribution < -0.4 is 4.74 Å². The van der Waals surface area contributed by atoms with Crippen molar-refractivity contribution in [1.82, 2.24) is 15.0 Å². The highest BCUT2D eigenvalue weighted by Gasteiger charge is 2.13. The number of aromatic nitrogens is 3. The van der Waals surface area contributed by atoms with Gasteiger partial charge in [-0.1, -0.05) is 0 Å². The highest BCUT2D eigenvalue weighted by molar-refractivity contribution is 5.29. The summed E-state index contributed by atoms with van der Waals surface area (Å²) in [4.78, 5) is 12.2. The summed E-state index contributed by atoms with van der Waals surface area (Å²) in [6.07, 6.45) is 5.49. The Balaban J connectivity index is 2.29. The minimum atomic E-state index is -0.842. The molecule has 2 heterocycles. The number of rotatable bonds is 3. The van der Waals surface area contributed by atoms with Gasteiger partial charge in [-0.2, -0.15) is 0 Å². The van der Waals surface area contributed by atoms with Crippen LogP contribution in [-0.4, -0.2) is 27.2 Å². The second-order valence-electron chi connectivity index (χ2n) is 3.64. The summed E-state index contributed by atoms with van der Waals surface area (Å²) in [7, 11) is 1.55. The van der Waals surface area contributed by atoms with Crippen molar-refractivity contribution in [1.29, 1.82) is 0 Å². The van der Waals surface area contributed by atoms with Gasteiger partial charge in [0.2, 0.25) is 0 Å². The molecule has 0 fully saturated rings. The van der Waals surface area contributed by atoms with Crippen molar-refractivity contribution < 1.29 is 9.84 Å². The molecule has 0 bridgehead atoms. The van der Waals surface area contributed by atoms with E-state index in [1.54, 1.807) is 38.0 Å². The van der Waals surface area contributed by atoms with Crippen LogP contribution in [0.25, 0.3) is 0 Å². The molecule has 2 aromatic heterocycles. The second kappa shape index (κ2) is 4.88. The maximum absolute atomic E-state index is 10.1. The van der Waals surface area contributed by atoms with Gasteiger partial charge in [0.25, 0.3) is 0 Å². The van der Waals surface area contributed by atoms with E-state index in [0.29, 0.717) is 17.0 Å². The fraction of sp³-hybridized carbons (Fsp3) is 0.250. The van der Waals surface area contributed by atoms with Gasteiger partial charge in [0.05, 0.1) is 30.9 Å². The molecule has 1 N–H and O–H groups in total. The molecule has 5 nitrogen and oxygen atoms in total. The summed E-state index contributed by atoms with van der Waals surface area (Å²) in [5.74, 6) is 0.599.